The predicted octanol–water partition coefficient (Wildman–Crippen LogP) is 4.41. The number of halogens is 1. The van der Waals surface area contributed by atoms with Crippen molar-refractivity contribution in [1.82, 2.24) is 9.78 Å². The second-order valence-electron chi connectivity index (χ2n) is 4.30. The number of aliphatic hydroxyl groups is 1. The van der Waals surface area contributed by atoms with Gasteiger partial charge in [0.05, 0.1) is 16.4 Å². The smallest absolute Gasteiger partial charge is 0.131 e. The molecule has 0 aromatic carbocycles. The van der Waals surface area contributed by atoms with E-state index < -0.39 is 6.10 Å². The molecule has 3 nitrogen and oxygen atoms in total. The van der Waals surface area contributed by atoms with Crippen molar-refractivity contribution in [2.24, 2.45) is 0 Å². The molecule has 0 fully saturated rings. The van der Waals surface area contributed by atoms with E-state index in [9.17, 15) is 5.11 Å². The summed E-state index contributed by atoms with van der Waals surface area (Å²) in [7, 11) is 0. The number of rotatable bonds is 4. The Morgan fingerprint density at radius 2 is 2.32 bits per heavy atom. The number of nitrogens with zero attached hydrogens (tertiary/aromatic N) is 2. The molecule has 1 N–H and O–H groups in total. The molecule has 0 radical (unpaired) electrons. The summed E-state index contributed by atoms with van der Waals surface area (Å²) < 4.78 is 5.21. The highest BCUT2D eigenvalue weighted by Crippen LogP contribution is 2.37. The zero-order valence-corrected chi connectivity index (χ0v) is 13.6. The number of aryl methyl sites for hydroxylation is 1. The van der Waals surface area contributed by atoms with E-state index in [1.54, 1.807) is 28.9 Å². The van der Waals surface area contributed by atoms with Gasteiger partial charge in [0.2, 0.25) is 0 Å². The third-order valence-electron chi connectivity index (χ3n) is 2.96. The van der Waals surface area contributed by atoms with Crippen molar-refractivity contribution < 1.29 is 5.11 Å². The summed E-state index contributed by atoms with van der Waals surface area (Å²) in [4.78, 5) is 0.973. The van der Waals surface area contributed by atoms with Gasteiger partial charge < -0.3 is 5.11 Å². The Balaban J connectivity index is 2.01. The Morgan fingerprint density at radius 1 is 1.47 bits per heavy atom. The maximum atomic E-state index is 10.6. The van der Waals surface area contributed by atoms with E-state index in [1.807, 2.05) is 4.68 Å². The fourth-order valence-corrected chi connectivity index (χ4v) is 4.71. The van der Waals surface area contributed by atoms with Gasteiger partial charge in [0.15, 0.2) is 0 Å². The highest BCUT2D eigenvalue weighted by atomic mass is 79.9. The lowest BCUT2D eigenvalue weighted by Gasteiger charge is -2.12. The van der Waals surface area contributed by atoms with E-state index in [0.29, 0.717) is 0 Å². The number of hydrogen-bond acceptors (Lipinski definition) is 4. The quantitative estimate of drug-likeness (QED) is 0.751. The van der Waals surface area contributed by atoms with Gasteiger partial charge in [-0.1, -0.05) is 6.92 Å². The summed E-state index contributed by atoms with van der Waals surface area (Å²) in [6.45, 7) is 2.92. The lowest BCUT2D eigenvalue weighted by atomic mass is 10.2. The van der Waals surface area contributed by atoms with Crippen molar-refractivity contribution >= 4 is 48.0 Å². The molecular formula is C13H13BrN2OS2. The number of thiophene rings is 2. The Labute approximate surface area is 127 Å². The molecule has 1 atom stereocenters. The molecule has 100 valence electrons. The molecule has 0 amide bonds. The van der Waals surface area contributed by atoms with Crippen LogP contribution >= 0.6 is 38.6 Å². The highest BCUT2D eigenvalue weighted by Gasteiger charge is 2.21. The number of fused-ring (bicyclic) bond motifs is 1. The topological polar surface area (TPSA) is 38.0 Å². The average molecular weight is 357 g/mol. The van der Waals surface area contributed by atoms with E-state index >= 15 is 0 Å². The van der Waals surface area contributed by atoms with E-state index in [-0.39, 0.29) is 0 Å². The van der Waals surface area contributed by atoms with Crippen molar-refractivity contribution in [3.63, 3.8) is 0 Å². The predicted molar refractivity (Wildman–Crippen MR) is 84.0 cm³/mol. The van der Waals surface area contributed by atoms with Gasteiger partial charge in [-0.25, -0.2) is 0 Å². The zero-order valence-electron chi connectivity index (χ0n) is 10.3. The molecule has 0 bridgehead atoms. The maximum absolute atomic E-state index is 10.6. The molecule has 0 saturated carbocycles. The standard InChI is InChI=1S/C13H13BrN2OS2/c1-2-4-16-12(8(14)7-15-16)13(17)11-6-10-9(19-11)3-5-18-10/h3,5-7,13,17H,2,4H2,1H3. The average Bonchev–Trinajstić information content (AvgIpc) is 3.03. The molecule has 6 heteroatoms. The van der Waals surface area contributed by atoms with E-state index in [2.05, 4.69) is 45.5 Å². The van der Waals surface area contributed by atoms with Crippen LogP contribution in [0.1, 0.15) is 30.0 Å². The Bertz CT molecular complexity index is 672. The number of hydrogen-bond donors (Lipinski definition) is 1. The maximum Gasteiger partial charge on any atom is 0.131 e. The van der Waals surface area contributed by atoms with Crippen LogP contribution in [0.15, 0.2) is 28.2 Å². The summed E-state index contributed by atoms with van der Waals surface area (Å²) in [6.07, 6.45) is 2.13. The van der Waals surface area contributed by atoms with Gasteiger partial charge >= 0.3 is 0 Å². The fourth-order valence-electron chi connectivity index (χ4n) is 2.09. The lowest BCUT2D eigenvalue weighted by Crippen LogP contribution is -2.09. The van der Waals surface area contributed by atoms with Gasteiger partial charge in [0, 0.05) is 20.8 Å². The van der Waals surface area contributed by atoms with Gasteiger partial charge in [-0.05, 0) is 39.9 Å². The third-order valence-corrected chi connectivity index (χ3v) is 5.71. The van der Waals surface area contributed by atoms with Crippen LogP contribution in [0.5, 0.6) is 0 Å². The molecular weight excluding hydrogens is 344 g/mol. The highest BCUT2D eigenvalue weighted by molar-refractivity contribution is 9.10. The number of aromatic nitrogens is 2. The van der Waals surface area contributed by atoms with Crippen molar-refractivity contribution in [3.05, 3.63) is 38.8 Å². The van der Waals surface area contributed by atoms with Crippen LogP contribution in [-0.2, 0) is 6.54 Å². The van der Waals surface area contributed by atoms with Crippen LogP contribution < -0.4 is 0 Å². The third kappa shape index (κ3) is 2.38. The van der Waals surface area contributed by atoms with Gasteiger partial charge in [-0.15, -0.1) is 22.7 Å². The van der Waals surface area contributed by atoms with E-state index in [4.69, 9.17) is 0 Å². The first-order valence-electron chi connectivity index (χ1n) is 6.07. The van der Waals surface area contributed by atoms with Crippen LogP contribution in [-0.4, -0.2) is 14.9 Å². The summed E-state index contributed by atoms with van der Waals surface area (Å²) >= 11 is 6.83. The monoisotopic (exact) mass is 356 g/mol. The first kappa shape index (κ1) is 13.3. The summed E-state index contributed by atoms with van der Waals surface area (Å²) in [6, 6.07) is 4.17. The molecule has 3 rings (SSSR count). The van der Waals surface area contributed by atoms with Crippen LogP contribution in [0.2, 0.25) is 0 Å². The van der Waals surface area contributed by atoms with E-state index in [1.165, 1.54) is 9.40 Å². The molecule has 1 unspecified atom stereocenters. The normalized spacial score (nSPS) is 13.2. The van der Waals surface area contributed by atoms with Gasteiger partial charge in [0.25, 0.3) is 0 Å². The van der Waals surface area contributed by atoms with E-state index in [0.717, 1.165) is 28.0 Å². The minimum absolute atomic E-state index is 0.618. The molecule has 0 spiro atoms. The van der Waals surface area contributed by atoms with Crippen molar-refractivity contribution in [1.29, 1.82) is 0 Å². The van der Waals surface area contributed by atoms with Crippen molar-refractivity contribution in [2.45, 2.75) is 26.0 Å². The second-order valence-corrected chi connectivity index (χ2v) is 7.22. The van der Waals surface area contributed by atoms with Crippen LogP contribution in [0, 0.1) is 0 Å². The Hall–Kier alpha value is -0.690. The molecule has 19 heavy (non-hydrogen) atoms. The van der Waals surface area contributed by atoms with Crippen LogP contribution in [0.25, 0.3) is 9.40 Å². The molecule has 0 aliphatic heterocycles. The van der Waals surface area contributed by atoms with Gasteiger partial charge in [0.1, 0.15) is 6.10 Å². The lowest BCUT2D eigenvalue weighted by molar-refractivity contribution is 0.210. The summed E-state index contributed by atoms with van der Waals surface area (Å²) in [5.74, 6) is 0. The second kappa shape index (κ2) is 5.36. The molecule has 3 aromatic rings. The Kier molecular flexibility index (Phi) is 3.75. The summed E-state index contributed by atoms with van der Waals surface area (Å²) in [5, 5.41) is 17.0. The molecule has 3 aromatic heterocycles. The molecule has 3 heterocycles. The zero-order chi connectivity index (χ0) is 13.4. The largest absolute Gasteiger partial charge is 0.381 e. The van der Waals surface area contributed by atoms with Crippen molar-refractivity contribution in [3.8, 4) is 0 Å². The van der Waals surface area contributed by atoms with Crippen molar-refractivity contribution in [2.75, 3.05) is 0 Å². The first-order valence-corrected chi connectivity index (χ1v) is 8.55. The fraction of sp³-hybridized carbons (Fsp3) is 0.308. The molecule has 0 saturated heterocycles. The Morgan fingerprint density at radius 3 is 3.05 bits per heavy atom. The van der Waals surface area contributed by atoms with Gasteiger partial charge in [-0.3, -0.25) is 4.68 Å². The number of aliphatic hydroxyl groups excluding tert-OH is 1. The minimum atomic E-state index is -0.618. The van der Waals surface area contributed by atoms with Crippen LogP contribution in [0.4, 0.5) is 0 Å². The minimum Gasteiger partial charge on any atom is -0.381 e. The molecule has 0 aliphatic rings. The van der Waals surface area contributed by atoms with Crippen LogP contribution in [0.3, 0.4) is 0 Å². The SMILES string of the molecule is CCCn1ncc(Br)c1C(O)c1cc2sccc2s1. The summed E-state index contributed by atoms with van der Waals surface area (Å²) in [5.41, 5.74) is 0.843. The molecule has 0 aliphatic carbocycles. The van der Waals surface area contributed by atoms with Gasteiger partial charge in [-0.2, -0.15) is 5.10 Å². The first-order chi connectivity index (χ1) is 9.20.